The summed E-state index contributed by atoms with van der Waals surface area (Å²) >= 11 is 0. The second-order valence-corrected chi connectivity index (χ2v) is 2.53. The molecule has 1 aromatic rings. The predicted molar refractivity (Wildman–Crippen MR) is 41.6 cm³/mol. The van der Waals surface area contributed by atoms with Crippen LogP contribution in [0.15, 0.2) is 18.3 Å². The first-order valence-corrected chi connectivity index (χ1v) is 3.69. The maximum absolute atomic E-state index is 10.9. The van der Waals surface area contributed by atoms with Gasteiger partial charge in [-0.25, -0.2) is 4.98 Å². The summed E-state index contributed by atoms with van der Waals surface area (Å²) in [4.78, 5) is 14.9. The van der Waals surface area contributed by atoms with E-state index in [0.717, 1.165) is 5.56 Å². The second kappa shape index (κ2) is 2.81. The molecule has 0 bridgehead atoms. The van der Waals surface area contributed by atoms with Crippen molar-refractivity contribution in [2.75, 3.05) is 6.61 Å². The van der Waals surface area contributed by atoms with Crippen LogP contribution in [0.5, 0.6) is 5.88 Å². The molecule has 1 amide bonds. The van der Waals surface area contributed by atoms with Crippen molar-refractivity contribution in [1.29, 1.82) is 0 Å². The van der Waals surface area contributed by atoms with Gasteiger partial charge in [0.2, 0.25) is 5.88 Å². The molecule has 1 aliphatic rings. The molecule has 2 heterocycles. The van der Waals surface area contributed by atoms with Gasteiger partial charge in [-0.3, -0.25) is 4.79 Å². The minimum absolute atomic E-state index is 0.0595. The van der Waals surface area contributed by atoms with E-state index >= 15 is 0 Å². The van der Waals surface area contributed by atoms with E-state index in [0.29, 0.717) is 12.4 Å². The number of hydrogen-bond acceptors (Lipinski definition) is 3. The fourth-order valence-corrected chi connectivity index (χ4v) is 1.07. The number of amides is 1. The summed E-state index contributed by atoms with van der Waals surface area (Å²) < 4.78 is 5.14. The molecule has 0 saturated carbocycles. The SMILES string of the molecule is O=C1COc2ncccc2CN1. The highest BCUT2D eigenvalue weighted by atomic mass is 16.5. The van der Waals surface area contributed by atoms with Crippen LogP contribution in [-0.4, -0.2) is 17.5 Å². The zero-order valence-electron chi connectivity index (χ0n) is 6.41. The molecule has 0 atom stereocenters. The van der Waals surface area contributed by atoms with Gasteiger partial charge >= 0.3 is 0 Å². The van der Waals surface area contributed by atoms with E-state index in [1.165, 1.54) is 0 Å². The Morgan fingerprint density at radius 2 is 2.50 bits per heavy atom. The topological polar surface area (TPSA) is 51.2 Å². The predicted octanol–water partition coefficient (Wildman–Crippen LogP) is 0.0902. The van der Waals surface area contributed by atoms with E-state index in [-0.39, 0.29) is 12.5 Å². The van der Waals surface area contributed by atoms with Crippen LogP contribution in [0.1, 0.15) is 5.56 Å². The Labute approximate surface area is 69.6 Å². The average molecular weight is 164 g/mol. The average Bonchev–Trinajstić information content (AvgIpc) is 2.29. The van der Waals surface area contributed by atoms with Gasteiger partial charge in [0.1, 0.15) is 0 Å². The molecule has 4 heteroatoms. The fourth-order valence-electron chi connectivity index (χ4n) is 1.07. The monoisotopic (exact) mass is 164 g/mol. The first-order chi connectivity index (χ1) is 5.86. The second-order valence-electron chi connectivity index (χ2n) is 2.53. The van der Waals surface area contributed by atoms with E-state index in [1.54, 1.807) is 6.20 Å². The third-order valence-electron chi connectivity index (χ3n) is 1.67. The summed E-state index contributed by atoms with van der Waals surface area (Å²) in [5.74, 6) is 0.448. The summed E-state index contributed by atoms with van der Waals surface area (Å²) in [6.07, 6.45) is 1.65. The lowest BCUT2D eigenvalue weighted by Gasteiger charge is -2.01. The molecule has 0 aliphatic carbocycles. The number of hydrogen-bond donors (Lipinski definition) is 1. The smallest absolute Gasteiger partial charge is 0.258 e. The van der Waals surface area contributed by atoms with Crippen LogP contribution in [0.4, 0.5) is 0 Å². The molecular formula is C8H8N2O2. The number of pyridine rings is 1. The van der Waals surface area contributed by atoms with Crippen molar-refractivity contribution in [3.63, 3.8) is 0 Å². The van der Waals surface area contributed by atoms with Crippen LogP contribution in [-0.2, 0) is 11.3 Å². The van der Waals surface area contributed by atoms with Gasteiger partial charge in [0, 0.05) is 18.3 Å². The van der Waals surface area contributed by atoms with Crippen molar-refractivity contribution in [2.24, 2.45) is 0 Å². The van der Waals surface area contributed by atoms with E-state index in [9.17, 15) is 4.79 Å². The summed E-state index contributed by atoms with van der Waals surface area (Å²) in [5, 5.41) is 2.70. The van der Waals surface area contributed by atoms with Gasteiger partial charge in [-0.2, -0.15) is 0 Å². The first-order valence-electron chi connectivity index (χ1n) is 3.69. The molecule has 2 rings (SSSR count). The van der Waals surface area contributed by atoms with Crippen LogP contribution in [0, 0.1) is 0 Å². The lowest BCUT2D eigenvalue weighted by atomic mass is 10.3. The van der Waals surface area contributed by atoms with Crippen molar-refractivity contribution in [1.82, 2.24) is 10.3 Å². The molecule has 0 saturated heterocycles. The lowest BCUT2D eigenvalue weighted by Crippen LogP contribution is -2.25. The minimum Gasteiger partial charge on any atom is -0.467 e. The number of aromatic nitrogens is 1. The number of nitrogens with one attached hydrogen (secondary N) is 1. The van der Waals surface area contributed by atoms with Gasteiger partial charge in [-0.05, 0) is 6.07 Å². The molecule has 0 aromatic carbocycles. The number of carbonyl (C=O) groups is 1. The van der Waals surface area contributed by atoms with Crippen molar-refractivity contribution in [3.8, 4) is 5.88 Å². The third kappa shape index (κ3) is 1.23. The van der Waals surface area contributed by atoms with Crippen LogP contribution in [0.25, 0.3) is 0 Å². The highest BCUT2D eigenvalue weighted by Crippen LogP contribution is 2.15. The quantitative estimate of drug-likeness (QED) is 0.591. The van der Waals surface area contributed by atoms with E-state index in [1.807, 2.05) is 12.1 Å². The zero-order chi connectivity index (χ0) is 8.39. The minimum atomic E-state index is -0.104. The lowest BCUT2D eigenvalue weighted by molar-refractivity contribution is -0.122. The summed E-state index contributed by atoms with van der Waals surface area (Å²) in [7, 11) is 0. The van der Waals surface area contributed by atoms with Crippen molar-refractivity contribution >= 4 is 5.91 Å². The van der Waals surface area contributed by atoms with Crippen molar-refractivity contribution in [3.05, 3.63) is 23.9 Å². The van der Waals surface area contributed by atoms with Crippen LogP contribution < -0.4 is 10.1 Å². The Morgan fingerprint density at radius 3 is 3.42 bits per heavy atom. The van der Waals surface area contributed by atoms with Gasteiger partial charge in [-0.1, -0.05) is 6.07 Å². The first kappa shape index (κ1) is 7.09. The maximum Gasteiger partial charge on any atom is 0.258 e. The van der Waals surface area contributed by atoms with E-state index in [4.69, 9.17) is 4.74 Å². The molecule has 0 unspecified atom stereocenters. The number of carbonyl (C=O) groups excluding carboxylic acids is 1. The van der Waals surface area contributed by atoms with E-state index < -0.39 is 0 Å². The van der Waals surface area contributed by atoms with Gasteiger partial charge in [0.15, 0.2) is 6.61 Å². The summed E-state index contributed by atoms with van der Waals surface area (Å²) in [6, 6.07) is 3.70. The van der Waals surface area contributed by atoms with E-state index in [2.05, 4.69) is 10.3 Å². The Kier molecular flexibility index (Phi) is 1.66. The molecular weight excluding hydrogens is 156 g/mol. The van der Waals surface area contributed by atoms with Gasteiger partial charge in [0.25, 0.3) is 5.91 Å². The van der Waals surface area contributed by atoms with Gasteiger partial charge in [0.05, 0.1) is 0 Å². The molecule has 62 valence electrons. The van der Waals surface area contributed by atoms with Crippen LogP contribution in [0.3, 0.4) is 0 Å². The van der Waals surface area contributed by atoms with Crippen molar-refractivity contribution in [2.45, 2.75) is 6.54 Å². The largest absolute Gasteiger partial charge is 0.467 e. The zero-order valence-corrected chi connectivity index (χ0v) is 6.41. The van der Waals surface area contributed by atoms with Crippen LogP contribution >= 0.6 is 0 Å². The van der Waals surface area contributed by atoms with Crippen molar-refractivity contribution < 1.29 is 9.53 Å². The Hall–Kier alpha value is -1.58. The summed E-state index contributed by atoms with van der Waals surface area (Å²) in [6.45, 7) is 0.562. The Balaban J connectivity index is 2.32. The van der Waals surface area contributed by atoms with Crippen LogP contribution in [0.2, 0.25) is 0 Å². The molecule has 0 fully saturated rings. The standard InChI is InChI=1S/C8H8N2O2/c11-7-5-12-8-6(4-10-7)2-1-3-9-8/h1-3H,4-5H2,(H,10,11). The molecule has 4 nitrogen and oxygen atoms in total. The summed E-state index contributed by atoms with van der Waals surface area (Å²) in [5.41, 5.74) is 0.920. The Morgan fingerprint density at radius 1 is 1.58 bits per heavy atom. The molecule has 1 N–H and O–H groups in total. The number of nitrogens with zero attached hydrogens (tertiary/aromatic N) is 1. The Bertz CT molecular complexity index is 283. The number of ether oxygens (including phenoxy) is 1. The molecule has 1 aromatic heterocycles. The van der Waals surface area contributed by atoms with Gasteiger partial charge in [-0.15, -0.1) is 0 Å². The molecule has 0 spiro atoms. The molecule has 12 heavy (non-hydrogen) atoms. The molecule has 0 radical (unpaired) electrons. The third-order valence-corrected chi connectivity index (χ3v) is 1.67. The number of rotatable bonds is 0. The fraction of sp³-hybridized carbons (Fsp3) is 0.250. The number of fused-ring (bicyclic) bond motifs is 1. The highest BCUT2D eigenvalue weighted by molar-refractivity contribution is 5.78. The molecule has 1 aliphatic heterocycles. The maximum atomic E-state index is 10.9. The normalized spacial score (nSPS) is 15.5. The van der Waals surface area contributed by atoms with Gasteiger partial charge < -0.3 is 10.1 Å². The highest BCUT2D eigenvalue weighted by Gasteiger charge is 2.12.